The topological polar surface area (TPSA) is 35.5 Å². The highest BCUT2D eigenvalue weighted by Gasteiger charge is 2.43. The van der Waals surface area contributed by atoms with Crippen molar-refractivity contribution in [1.82, 2.24) is 0 Å². The molecule has 0 amide bonds. The molecule has 0 bridgehead atoms. The molecule has 3 nitrogen and oxygen atoms in total. The number of carbonyl (C=O) groups excluding carboxylic acids is 1. The number of thioether (sulfide) groups is 1. The Balaban J connectivity index is 2.34. The highest BCUT2D eigenvalue weighted by Crippen LogP contribution is 2.41. The van der Waals surface area contributed by atoms with Crippen molar-refractivity contribution in [3.8, 4) is 0 Å². The van der Waals surface area contributed by atoms with E-state index in [0.29, 0.717) is 0 Å². The van der Waals surface area contributed by atoms with Crippen LogP contribution in [0.3, 0.4) is 0 Å². The smallest absolute Gasteiger partial charge is 0.225 e. The minimum Gasteiger partial charge on any atom is -0.407 e. The van der Waals surface area contributed by atoms with Gasteiger partial charge in [-0.05, 0) is 47.6 Å². The van der Waals surface area contributed by atoms with E-state index < -0.39 is 20.5 Å². The van der Waals surface area contributed by atoms with Gasteiger partial charge in [0.1, 0.15) is 6.10 Å². The van der Waals surface area contributed by atoms with Crippen LogP contribution in [0.5, 0.6) is 0 Å². The summed E-state index contributed by atoms with van der Waals surface area (Å²) in [6.45, 7) is 11.0. The third kappa shape index (κ3) is 5.78. The van der Waals surface area contributed by atoms with E-state index in [1.54, 1.807) is 7.11 Å². The fourth-order valence-electron chi connectivity index (χ4n) is 2.45. The van der Waals surface area contributed by atoms with E-state index in [2.05, 4.69) is 33.9 Å². The summed E-state index contributed by atoms with van der Waals surface area (Å²) in [6.07, 6.45) is -1.10. The molecular formula is C22H30O3SSi. The van der Waals surface area contributed by atoms with Crippen molar-refractivity contribution in [2.75, 3.05) is 7.11 Å². The Kier molecular flexibility index (Phi) is 7.45. The number of ether oxygens (including phenoxy) is 1. The normalized spacial score (nSPS) is 14.6. The molecule has 2 atom stereocenters. The Morgan fingerprint density at radius 1 is 0.963 bits per heavy atom. The van der Waals surface area contributed by atoms with Crippen LogP contribution in [0.15, 0.2) is 65.6 Å². The van der Waals surface area contributed by atoms with Crippen LogP contribution >= 0.6 is 11.8 Å². The minimum atomic E-state index is -2.11. The number of carbonyl (C=O) groups is 1. The minimum absolute atomic E-state index is 0.0357. The standard InChI is InChI=1S/C22H30O3SSi/c1-22(2,3)27(5,6)25-19(17-13-9-7-10-14-17)20(24-4)21(23)26-18-15-11-8-12-16-18/h7-16,19-20H,1-6H3/t19-,20-/m0/s1. The first-order valence-corrected chi connectivity index (χ1v) is 12.9. The molecule has 0 saturated heterocycles. The Morgan fingerprint density at radius 2 is 1.48 bits per heavy atom. The maximum absolute atomic E-state index is 13.1. The van der Waals surface area contributed by atoms with Crippen LogP contribution in [0.25, 0.3) is 0 Å². The average molecular weight is 403 g/mol. The lowest BCUT2D eigenvalue weighted by atomic mass is 10.1. The molecule has 2 rings (SSSR count). The predicted octanol–water partition coefficient (Wildman–Crippen LogP) is 6.08. The molecule has 5 heteroatoms. The molecule has 0 aliphatic heterocycles. The zero-order valence-electron chi connectivity index (χ0n) is 17.1. The molecule has 0 radical (unpaired) electrons. The van der Waals surface area contributed by atoms with Crippen LogP contribution in [-0.2, 0) is 14.0 Å². The third-order valence-corrected chi connectivity index (χ3v) is 10.5. The van der Waals surface area contributed by atoms with Crippen LogP contribution in [0.1, 0.15) is 32.4 Å². The van der Waals surface area contributed by atoms with E-state index >= 15 is 0 Å². The van der Waals surface area contributed by atoms with E-state index in [-0.39, 0.29) is 10.2 Å². The first-order valence-electron chi connectivity index (χ1n) is 9.18. The first kappa shape index (κ1) is 21.9. The van der Waals surface area contributed by atoms with E-state index in [4.69, 9.17) is 9.16 Å². The Bertz CT molecular complexity index is 726. The predicted molar refractivity (Wildman–Crippen MR) is 116 cm³/mol. The van der Waals surface area contributed by atoms with Gasteiger partial charge in [0.25, 0.3) is 0 Å². The number of methoxy groups -OCH3 is 1. The molecule has 27 heavy (non-hydrogen) atoms. The van der Waals surface area contributed by atoms with Crippen LogP contribution in [-0.4, -0.2) is 26.6 Å². The van der Waals surface area contributed by atoms with Crippen molar-refractivity contribution in [3.05, 3.63) is 66.2 Å². The molecule has 0 unspecified atom stereocenters. The lowest BCUT2D eigenvalue weighted by Crippen LogP contribution is -2.45. The summed E-state index contributed by atoms with van der Waals surface area (Å²) >= 11 is 1.20. The second-order valence-electron chi connectivity index (χ2n) is 8.10. The fraction of sp³-hybridized carbons (Fsp3) is 0.409. The van der Waals surface area contributed by atoms with Crippen LogP contribution in [0.2, 0.25) is 18.1 Å². The summed E-state index contributed by atoms with van der Waals surface area (Å²) in [4.78, 5) is 14.0. The van der Waals surface area contributed by atoms with Gasteiger partial charge in [-0.2, -0.15) is 0 Å². The molecule has 146 valence electrons. The fourth-order valence-corrected chi connectivity index (χ4v) is 4.56. The SMILES string of the molecule is CO[C@H](C(=O)Sc1ccccc1)[C@@H](O[Si](C)(C)C(C)(C)C)c1ccccc1. The Labute approximate surface area is 168 Å². The monoisotopic (exact) mass is 402 g/mol. The van der Waals surface area contributed by atoms with Crippen molar-refractivity contribution in [1.29, 1.82) is 0 Å². The van der Waals surface area contributed by atoms with E-state index in [1.807, 2.05) is 60.7 Å². The van der Waals surface area contributed by atoms with Gasteiger partial charge in [0.15, 0.2) is 14.4 Å². The molecule has 0 N–H and O–H groups in total. The van der Waals surface area contributed by atoms with E-state index in [9.17, 15) is 4.79 Å². The van der Waals surface area contributed by atoms with Crippen molar-refractivity contribution in [3.63, 3.8) is 0 Å². The zero-order valence-corrected chi connectivity index (χ0v) is 18.9. The van der Waals surface area contributed by atoms with Gasteiger partial charge in [-0.15, -0.1) is 0 Å². The maximum Gasteiger partial charge on any atom is 0.225 e. The van der Waals surface area contributed by atoms with Gasteiger partial charge in [0, 0.05) is 12.0 Å². The van der Waals surface area contributed by atoms with Crippen molar-refractivity contribution in [2.24, 2.45) is 0 Å². The first-order chi connectivity index (χ1) is 12.7. The van der Waals surface area contributed by atoms with Gasteiger partial charge < -0.3 is 9.16 Å². The van der Waals surface area contributed by atoms with Gasteiger partial charge in [0.2, 0.25) is 5.12 Å². The van der Waals surface area contributed by atoms with Crippen LogP contribution < -0.4 is 0 Å². The van der Waals surface area contributed by atoms with Crippen molar-refractivity contribution < 1.29 is 14.0 Å². The Hall–Kier alpha value is -1.40. The van der Waals surface area contributed by atoms with Gasteiger partial charge in [-0.1, -0.05) is 69.3 Å². The van der Waals surface area contributed by atoms with Gasteiger partial charge in [-0.25, -0.2) is 0 Å². The third-order valence-electron chi connectivity index (χ3n) is 5.08. The molecule has 0 fully saturated rings. The van der Waals surface area contributed by atoms with Crippen molar-refractivity contribution in [2.45, 2.75) is 56.0 Å². The molecule has 2 aromatic rings. The highest BCUT2D eigenvalue weighted by atomic mass is 32.2. The summed E-state index contributed by atoms with van der Waals surface area (Å²) in [5, 5.41) is -0.00947. The molecular weight excluding hydrogens is 372 g/mol. The van der Waals surface area contributed by atoms with Gasteiger partial charge >= 0.3 is 0 Å². The summed E-state index contributed by atoms with van der Waals surface area (Å²) < 4.78 is 12.4. The van der Waals surface area contributed by atoms with Gasteiger partial charge in [-0.3, -0.25) is 4.79 Å². The summed E-state index contributed by atoms with van der Waals surface area (Å²) in [7, 11) is -0.527. The number of rotatable bonds is 7. The Morgan fingerprint density at radius 3 is 1.96 bits per heavy atom. The summed E-state index contributed by atoms with van der Waals surface area (Å²) in [6, 6.07) is 19.6. The molecule has 0 heterocycles. The highest BCUT2D eigenvalue weighted by molar-refractivity contribution is 8.13. The lowest BCUT2D eigenvalue weighted by Gasteiger charge is -2.41. The van der Waals surface area contributed by atoms with Crippen LogP contribution in [0.4, 0.5) is 0 Å². The molecule has 0 aromatic heterocycles. The zero-order chi connectivity index (χ0) is 20.1. The van der Waals surface area contributed by atoms with Crippen molar-refractivity contribution >= 4 is 25.2 Å². The maximum atomic E-state index is 13.1. The summed E-state index contributed by atoms with van der Waals surface area (Å²) in [5.74, 6) is 0. The largest absolute Gasteiger partial charge is 0.407 e. The quantitative estimate of drug-likeness (QED) is 0.415. The van der Waals surface area contributed by atoms with Gasteiger partial charge in [0.05, 0.1) is 0 Å². The van der Waals surface area contributed by atoms with Crippen LogP contribution in [0, 0.1) is 0 Å². The second-order valence-corrected chi connectivity index (χ2v) is 13.9. The van der Waals surface area contributed by atoms with E-state index in [0.717, 1.165) is 10.5 Å². The second kappa shape index (κ2) is 9.19. The molecule has 0 aliphatic carbocycles. The summed E-state index contributed by atoms with van der Waals surface area (Å²) in [5.41, 5.74) is 0.969. The number of hydrogen-bond acceptors (Lipinski definition) is 4. The average Bonchev–Trinajstić information content (AvgIpc) is 2.62. The number of hydrogen-bond donors (Lipinski definition) is 0. The lowest BCUT2D eigenvalue weighted by molar-refractivity contribution is -0.126. The molecule has 0 saturated carbocycles. The number of benzene rings is 2. The molecule has 0 aliphatic rings. The van der Waals surface area contributed by atoms with E-state index in [1.165, 1.54) is 11.8 Å². The molecule has 2 aromatic carbocycles. The molecule has 0 spiro atoms.